The summed E-state index contributed by atoms with van der Waals surface area (Å²) in [5.74, 6) is -0.274. The molecule has 0 spiro atoms. The maximum absolute atomic E-state index is 12.6. The van der Waals surface area contributed by atoms with Crippen molar-refractivity contribution in [1.29, 1.82) is 0 Å². The van der Waals surface area contributed by atoms with Gasteiger partial charge in [-0.1, -0.05) is 6.07 Å². The fourth-order valence-corrected chi connectivity index (χ4v) is 3.27. The Hall–Kier alpha value is -2.82. The number of anilines is 3. The third-order valence-corrected chi connectivity index (χ3v) is 4.61. The number of benzene rings is 2. The van der Waals surface area contributed by atoms with Crippen LogP contribution in [0, 0.1) is 0 Å². The van der Waals surface area contributed by atoms with Crippen LogP contribution in [-0.2, 0) is 0 Å². The Labute approximate surface area is 154 Å². The Balaban J connectivity index is 1.83. The zero-order valence-electron chi connectivity index (χ0n) is 15.3. The Kier molecular flexibility index (Phi) is 5.56. The number of nitrogens with zero attached hydrogens (tertiary/aromatic N) is 1. The van der Waals surface area contributed by atoms with Gasteiger partial charge in [-0.3, -0.25) is 9.59 Å². The van der Waals surface area contributed by atoms with E-state index in [2.05, 4.69) is 15.5 Å². The third kappa shape index (κ3) is 4.04. The quantitative estimate of drug-likeness (QED) is 0.767. The molecule has 136 valence electrons. The fourth-order valence-electron chi connectivity index (χ4n) is 3.27. The van der Waals surface area contributed by atoms with Gasteiger partial charge in [-0.2, -0.15) is 0 Å². The molecular formula is C21H25N3O2. The summed E-state index contributed by atoms with van der Waals surface area (Å²) in [6, 6.07) is 13.0. The summed E-state index contributed by atoms with van der Waals surface area (Å²) >= 11 is 0. The number of hydrogen-bond acceptors (Lipinski definition) is 4. The second-order valence-electron chi connectivity index (χ2n) is 6.55. The first kappa shape index (κ1) is 18.0. The van der Waals surface area contributed by atoms with E-state index in [0.717, 1.165) is 31.0 Å². The van der Waals surface area contributed by atoms with Crippen molar-refractivity contribution in [3.05, 3.63) is 53.6 Å². The molecule has 0 bridgehead atoms. The van der Waals surface area contributed by atoms with Crippen LogP contribution < -0.4 is 15.5 Å². The monoisotopic (exact) mass is 351 g/mol. The number of carbonyl (C=O) groups excluding carboxylic acids is 2. The van der Waals surface area contributed by atoms with E-state index in [-0.39, 0.29) is 11.7 Å². The highest BCUT2D eigenvalue weighted by Gasteiger charge is 2.17. The largest absolute Gasteiger partial charge is 0.385 e. The van der Waals surface area contributed by atoms with Gasteiger partial charge in [-0.15, -0.1) is 0 Å². The van der Waals surface area contributed by atoms with Gasteiger partial charge in [0.2, 0.25) is 0 Å². The summed E-state index contributed by atoms with van der Waals surface area (Å²) in [7, 11) is 0. The molecule has 5 nitrogen and oxygen atoms in total. The smallest absolute Gasteiger partial charge is 0.255 e. The number of hydrogen-bond donors (Lipinski definition) is 2. The van der Waals surface area contributed by atoms with E-state index in [9.17, 15) is 9.59 Å². The van der Waals surface area contributed by atoms with Gasteiger partial charge in [0.15, 0.2) is 5.78 Å². The normalized spacial score (nSPS) is 13.5. The average molecular weight is 351 g/mol. The molecule has 0 unspecified atom stereocenters. The van der Waals surface area contributed by atoms with E-state index in [4.69, 9.17) is 0 Å². The van der Waals surface area contributed by atoms with Gasteiger partial charge >= 0.3 is 0 Å². The maximum atomic E-state index is 12.6. The third-order valence-electron chi connectivity index (χ3n) is 4.61. The Morgan fingerprint density at radius 1 is 1.08 bits per heavy atom. The minimum absolute atomic E-state index is 0.0530. The van der Waals surface area contributed by atoms with Gasteiger partial charge in [-0.25, -0.2) is 0 Å². The van der Waals surface area contributed by atoms with E-state index in [0.29, 0.717) is 16.8 Å². The van der Waals surface area contributed by atoms with Crippen LogP contribution in [0.25, 0.3) is 0 Å². The standard InChI is InChI=1S/C21H25N3O2/c1-3-22-17-8-6-7-16(13-17)21(26)23-20-10-9-18(14-19(20)15(2)25)24-11-4-5-12-24/h6-10,13-14,22H,3-5,11-12H2,1-2H3,(H,23,26). The van der Waals surface area contributed by atoms with Crippen molar-refractivity contribution < 1.29 is 9.59 Å². The van der Waals surface area contributed by atoms with Gasteiger partial charge in [0.05, 0.1) is 5.69 Å². The summed E-state index contributed by atoms with van der Waals surface area (Å²) in [5, 5.41) is 6.08. The van der Waals surface area contributed by atoms with Crippen LogP contribution in [0.15, 0.2) is 42.5 Å². The van der Waals surface area contributed by atoms with E-state index < -0.39 is 0 Å². The molecule has 1 aliphatic heterocycles. The first-order chi connectivity index (χ1) is 12.6. The molecule has 1 fully saturated rings. The Bertz CT molecular complexity index is 811. The molecule has 0 radical (unpaired) electrons. The van der Waals surface area contributed by atoms with E-state index in [1.165, 1.54) is 19.8 Å². The highest BCUT2D eigenvalue weighted by Crippen LogP contribution is 2.27. The Morgan fingerprint density at radius 2 is 1.85 bits per heavy atom. The summed E-state index contributed by atoms with van der Waals surface area (Å²) in [5.41, 5.74) is 3.60. The van der Waals surface area contributed by atoms with Crippen LogP contribution >= 0.6 is 0 Å². The number of ketones is 1. The van der Waals surface area contributed by atoms with Gasteiger partial charge in [0, 0.05) is 42.1 Å². The molecule has 2 N–H and O–H groups in total. The topological polar surface area (TPSA) is 61.4 Å². The van der Waals surface area contributed by atoms with Crippen LogP contribution in [0.4, 0.5) is 17.1 Å². The van der Waals surface area contributed by atoms with Gasteiger partial charge in [0.1, 0.15) is 0 Å². The predicted octanol–water partition coefficient (Wildman–Crippen LogP) is 4.17. The summed E-state index contributed by atoms with van der Waals surface area (Å²) in [6.07, 6.45) is 2.35. The summed E-state index contributed by atoms with van der Waals surface area (Å²) in [4.78, 5) is 27.0. The second-order valence-corrected chi connectivity index (χ2v) is 6.55. The van der Waals surface area contributed by atoms with Crippen molar-refractivity contribution in [3.8, 4) is 0 Å². The highest BCUT2D eigenvalue weighted by atomic mass is 16.1. The lowest BCUT2D eigenvalue weighted by Crippen LogP contribution is -2.19. The van der Waals surface area contributed by atoms with Crippen LogP contribution in [0.1, 0.15) is 47.4 Å². The molecule has 3 rings (SSSR count). The van der Waals surface area contributed by atoms with Crippen molar-refractivity contribution in [2.24, 2.45) is 0 Å². The molecule has 1 amide bonds. The van der Waals surface area contributed by atoms with Crippen LogP contribution in [-0.4, -0.2) is 31.3 Å². The van der Waals surface area contributed by atoms with Crippen LogP contribution in [0.3, 0.4) is 0 Å². The van der Waals surface area contributed by atoms with Gasteiger partial charge in [0.25, 0.3) is 5.91 Å². The fraction of sp³-hybridized carbons (Fsp3) is 0.333. The lowest BCUT2D eigenvalue weighted by atomic mass is 10.1. The highest BCUT2D eigenvalue weighted by molar-refractivity contribution is 6.09. The van der Waals surface area contributed by atoms with E-state index >= 15 is 0 Å². The van der Waals surface area contributed by atoms with Crippen LogP contribution in [0.5, 0.6) is 0 Å². The van der Waals surface area contributed by atoms with Crippen molar-refractivity contribution in [2.45, 2.75) is 26.7 Å². The number of amides is 1. The number of Topliss-reactive ketones (excluding diaryl/α,β-unsaturated/α-hetero) is 1. The minimum atomic E-state index is -0.221. The van der Waals surface area contributed by atoms with Gasteiger partial charge in [-0.05, 0) is 63.1 Å². The first-order valence-electron chi connectivity index (χ1n) is 9.13. The summed E-state index contributed by atoms with van der Waals surface area (Å²) < 4.78 is 0. The lowest BCUT2D eigenvalue weighted by Gasteiger charge is -2.19. The molecule has 0 saturated carbocycles. The van der Waals surface area contributed by atoms with E-state index in [1.54, 1.807) is 6.07 Å². The molecular weight excluding hydrogens is 326 g/mol. The maximum Gasteiger partial charge on any atom is 0.255 e. The SMILES string of the molecule is CCNc1cccc(C(=O)Nc2ccc(N3CCCC3)cc2C(C)=O)c1. The number of carbonyl (C=O) groups is 2. The summed E-state index contributed by atoms with van der Waals surface area (Å²) in [6.45, 7) is 6.36. The molecule has 0 aromatic heterocycles. The number of rotatable bonds is 6. The number of nitrogens with one attached hydrogen (secondary N) is 2. The molecule has 0 aliphatic carbocycles. The molecule has 1 heterocycles. The second kappa shape index (κ2) is 8.04. The van der Waals surface area contributed by atoms with Crippen molar-refractivity contribution in [1.82, 2.24) is 0 Å². The molecule has 1 saturated heterocycles. The molecule has 2 aromatic carbocycles. The lowest BCUT2D eigenvalue weighted by molar-refractivity contribution is 0.101. The minimum Gasteiger partial charge on any atom is -0.385 e. The van der Waals surface area contributed by atoms with Gasteiger partial charge < -0.3 is 15.5 Å². The van der Waals surface area contributed by atoms with Crippen molar-refractivity contribution in [3.63, 3.8) is 0 Å². The first-order valence-corrected chi connectivity index (χ1v) is 9.13. The molecule has 1 aliphatic rings. The zero-order chi connectivity index (χ0) is 18.5. The molecule has 0 atom stereocenters. The van der Waals surface area contributed by atoms with Crippen molar-refractivity contribution in [2.75, 3.05) is 35.2 Å². The van der Waals surface area contributed by atoms with E-state index in [1.807, 2.05) is 43.3 Å². The molecule has 26 heavy (non-hydrogen) atoms. The van der Waals surface area contributed by atoms with Crippen molar-refractivity contribution >= 4 is 28.8 Å². The molecule has 5 heteroatoms. The predicted molar refractivity (Wildman–Crippen MR) is 106 cm³/mol. The molecule has 2 aromatic rings. The Morgan fingerprint density at radius 3 is 2.54 bits per heavy atom. The van der Waals surface area contributed by atoms with Crippen LogP contribution in [0.2, 0.25) is 0 Å². The average Bonchev–Trinajstić information content (AvgIpc) is 3.17. The zero-order valence-corrected chi connectivity index (χ0v) is 15.3.